The van der Waals surface area contributed by atoms with Crippen LogP contribution in [-0.2, 0) is 16.0 Å². The van der Waals surface area contributed by atoms with Crippen LogP contribution in [0.1, 0.15) is 42.8 Å². The molecule has 1 aromatic carbocycles. The van der Waals surface area contributed by atoms with Crippen LogP contribution in [0, 0.1) is 12.8 Å². The van der Waals surface area contributed by atoms with Crippen molar-refractivity contribution in [1.29, 1.82) is 0 Å². The first-order valence-corrected chi connectivity index (χ1v) is 12.6. The van der Waals surface area contributed by atoms with E-state index in [1.165, 1.54) is 6.42 Å². The molecule has 32 heavy (non-hydrogen) atoms. The number of carbonyl (C=O) groups is 2. The summed E-state index contributed by atoms with van der Waals surface area (Å²) in [6.45, 7) is 4.74. The molecule has 6 nitrogen and oxygen atoms in total. The molecular formula is C24H30ClN3O3S. The quantitative estimate of drug-likeness (QED) is 0.623. The number of hydrogen-bond donors (Lipinski definition) is 0. The predicted octanol–water partition coefficient (Wildman–Crippen LogP) is 4.35. The summed E-state index contributed by atoms with van der Waals surface area (Å²) < 4.78 is 6.28. The van der Waals surface area contributed by atoms with Crippen LogP contribution < -0.4 is 4.74 Å². The fraction of sp³-hybridized carbons (Fsp3) is 0.542. The Labute approximate surface area is 198 Å². The van der Waals surface area contributed by atoms with Crippen molar-refractivity contribution in [3.8, 4) is 5.75 Å². The Morgan fingerprint density at radius 1 is 1.16 bits per heavy atom. The zero-order chi connectivity index (χ0) is 22.5. The highest BCUT2D eigenvalue weighted by Crippen LogP contribution is 2.28. The number of aromatic nitrogens is 1. The summed E-state index contributed by atoms with van der Waals surface area (Å²) in [5, 5.41) is 3.53. The second-order valence-corrected chi connectivity index (χ2v) is 10.2. The van der Waals surface area contributed by atoms with Crippen molar-refractivity contribution in [1.82, 2.24) is 14.8 Å². The Hall–Kier alpha value is -2.12. The van der Waals surface area contributed by atoms with Crippen LogP contribution in [0.2, 0.25) is 5.02 Å². The molecule has 2 fully saturated rings. The number of piperidine rings is 2. The summed E-state index contributed by atoms with van der Waals surface area (Å²) in [7, 11) is 0. The molecule has 2 aliphatic rings. The summed E-state index contributed by atoms with van der Waals surface area (Å²) >= 11 is 7.69. The second-order valence-electron chi connectivity index (χ2n) is 8.68. The zero-order valence-corrected chi connectivity index (χ0v) is 20.0. The van der Waals surface area contributed by atoms with Gasteiger partial charge in [-0.1, -0.05) is 17.7 Å². The van der Waals surface area contributed by atoms with Crippen LogP contribution in [0.4, 0.5) is 0 Å². The minimum Gasteiger partial charge on any atom is -0.490 e. The lowest BCUT2D eigenvalue weighted by molar-refractivity contribution is -0.139. The van der Waals surface area contributed by atoms with E-state index in [1.54, 1.807) is 17.4 Å². The molecule has 2 amide bonds. The summed E-state index contributed by atoms with van der Waals surface area (Å²) in [6, 6.07) is 7.36. The average molecular weight is 476 g/mol. The van der Waals surface area contributed by atoms with E-state index in [0.717, 1.165) is 36.6 Å². The molecule has 172 valence electrons. The van der Waals surface area contributed by atoms with Gasteiger partial charge in [0.25, 0.3) is 0 Å². The standard InChI is InChI=1S/C24H30ClN3O3S/c1-17-26-20(16-32-17)14-24(30)28-11-8-22(31-21-7-5-6-19(25)13-21)18(15-28)12-23(29)27-9-3-2-4-10-27/h5-7,13,16,18,22H,2-4,8-12,14-15H2,1H3/t18-,22-/m0/s1. The van der Waals surface area contributed by atoms with E-state index < -0.39 is 0 Å². The molecule has 0 spiro atoms. The number of thiazole rings is 1. The van der Waals surface area contributed by atoms with Crippen molar-refractivity contribution in [2.24, 2.45) is 5.92 Å². The van der Waals surface area contributed by atoms with Gasteiger partial charge in [0.2, 0.25) is 11.8 Å². The third kappa shape index (κ3) is 6.01. The van der Waals surface area contributed by atoms with Crippen LogP contribution in [0.5, 0.6) is 5.75 Å². The van der Waals surface area contributed by atoms with Gasteiger partial charge in [0.1, 0.15) is 11.9 Å². The third-order valence-electron chi connectivity index (χ3n) is 6.24. The molecule has 2 aromatic rings. The molecule has 2 atom stereocenters. The van der Waals surface area contributed by atoms with E-state index in [1.807, 2.05) is 40.3 Å². The molecule has 2 saturated heterocycles. The second kappa shape index (κ2) is 10.7. The van der Waals surface area contributed by atoms with Crippen molar-refractivity contribution in [2.45, 2.75) is 51.6 Å². The highest BCUT2D eigenvalue weighted by atomic mass is 35.5. The maximum absolute atomic E-state index is 13.0. The molecule has 0 saturated carbocycles. The highest BCUT2D eigenvalue weighted by Gasteiger charge is 2.35. The molecule has 0 bridgehead atoms. The van der Waals surface area contributed by atoms with Gasteiger partial charge in [0.15, 0.2) is 0 Å². The van der Waals surface area contributed by atoms with E-state index in [9.17, 15) is 9.59 Å². The van der Waals surface area contributed by atoms with Gasteiger partial charge in [-0.25, -0.2) is 4.98 Å². The first-order chi connectivity index (χ1) is 15.5. The van der Waals surface area contributed by atoms with Crippen molar-refractivity contribution in [3.05, 3.63) is 45.4 Å². The predicted molar refractivity (Wildman–Crippen MR) is 126 cm³/mol. The monoisotopic (exact) mass is 475 g/mol. The minimum absolute atomic E-state index is 0.0571. The van der Waals surface area contributed by atoms with Crippen molar-refractivity contribution in [3.63, 3.8) is 0 Å². The number of rotatable bonds is 6. The van der Waals surface area contributed by atoms with E-state index >= 15 is 0 Å². The molecular weight excluding hydrogens is 446 g/mol. The van der Waals surface area contributed by atoms with Gasteiger partial charge in [0, 0.05) is 55.3 Å². The SMILES string of the molecule is Cc1nc(CC(=O)N2CC[C@H](Oc3cccc(Cl)c3)[C@@H](CC(=O)N3CCCCC3)C2)cs1. The number of benzene rings is 1. The molecule has 8 heteroatoms. The fourth-order valence-electron chi connectivity index (χ4n) is 4.56. The number of hydrogen-bond acceptors (Lipinski definition) is 5. The summed E-state index contributed by atoms with van der Waals surface area (Å²) in [6.07, 6.45) is 4.57. The number of likely N-dealkylation sites (tertiary alicyclic amines) is 2. The summed E-state index contributed by atoms with van der Waals surface area (Å²) in [4.78, 5) is 34.3. The molecule has 2 aliphatic heterocycles. The van der Waals surface area contributed by atoms with E-state index in [2.05, 4.69) is 4.98 Å². The summed E-state index contributed by atoms with van der Waals surface area (Å²) in [5.74, 6) is 0.875. The van der Waals surface area contributed by atoms with E-state index in [-0.39, 0.29) is 23.8 Å². The topological polar surface area (TPSA) is 62.7 Å². The van der Waals surface area contributed by atoms with Gasteiger partial charge in [-0.05, 0) is 44.4 Å². The van der Waals surface area contributed by atoms with Crippen LogP contribution in [0.25, 0.3) is 0 Å². The van der Waals surface area contributed by atoms with Gasteiger partial charge in [-0.15, -0.1) is 11.3 Å². The average Bonchev–Trinajstić information content (AvgIpc) is 3.20. The van der Waals surface area contributed by atoms with Gasteiger partial charge >= 0.3 is 0 Å². The highest BCUT2D eigenvalue weighted by molar-refractivity contribution is 7.09. The Morgan fingerprint density at radius 3 is 2.69 bits per heavy atom. The van der Waals surface area contributed by atoms with Crippen molar-refractivity contribution < 1.29 is 14.3 Å². The molecule has 3 heterocycles. The lowest BCUT2D eigenvalue weighted by atomic mass is 9.90. The minimum atomic E-state index is -0.132. The summed E-state index contributed by atoms with van der Waals surface area (Å²) in [5.41, 5.74) is 0.816. The Morgan fingerprint density at radius 2 is 1.97 bits per heavy atom. The van der Waals surface area contributed by atoms with Gasteiger partial charge in [0.05, 0.1) is 17.1 Å². The van der Waals surface area contributed by atoms with Crippen LogP contribution in [-0.4, -0.2) is 58.9 Å². The van der Waals surface area contributed by atoms with E-state index in [0.29, 0.717) is 43.1 Å². The van der Waals surface area contributed by atoms with E-state index in [4.69, 9.17) is 16.3 Å². The number of aryl methyl sites for hydroxylation is 1. The van der Waals surface area contributed by atoms with Crippen LogP contribution >= 0.6 is 22.9 Å². The fourth-order valence-corrected chi connectivity index (χ4v) is 5.35. The Kier molecular flexibility index (Phi) is 7.68. The number of nitrogens with zero attached hydrogens (tertiary/aromatic N) is 3. The van der Waals surface area contributed by atoms with Crippen molar-refractivity contribution in [2.75, 3.05) is 26.2 Å². The first kappa shape index (κ1) is 23.1. The molecule has 4 rings (SSSR count). The Bertz CT molecular complexity index is 944. The molecule has 0 N–H and O–H groups in total. The van der Waals surface area contributed by atoms with Gasteiger partial charge in [-0.2, -0.15) is 0 Å². The van der Waals surface area contributed by atoms with Crippen LogP contribution in [0.3, 0.4) is 0 Å². The van der Waals surface area contributed by atoms with Gasteiger partial charge < -0.3 is 14.5 Å². The van der Waals surface area contributed by atoms with Crippen LogP contribution in [0.15, 0.2) is 29.6 Å². The smallest absolute Gasteiger partial charge is 0.228 e. The number of halogens is 1. The van der Waals surface area contributed by atoms with Gasteiger partial charge in [-0.3, -0.25) is 9.59 Å². The molecule has 0 aliphatic carbocycles. The molecule has 1 aromatic heterocycles. The largest absolute Gasteiger partial charge is 0.490 e. The maximum Gasteiger partial charge on any atom is 0.228 e. The first-order valence-electron chi connectivity index (χ1n) is 11.4. The Balaban J connectivity index is 1.44. The number of amides is 2. The normalized spacial score (nSPS) is 21.4. The number of ether oxygens (including phenoxy) is 1. The van der Waals surface area contributed by atoms with Crippen molar-refractivity contribution >= 4 is 34.8 Å². The number of carbonyl (C=O) groups excluding carboxylic acids is 2. The molecule has 0 unspecified atom stereocenters. The zero-order valence-electron chi connectivity index (χ0n) is 18.5. The lowest BCUT2D eigenvalue weighted by Crippen LogP contribution is -2.50. The maximum atomic E-state index is 13.0. The lowest BCUT2D eigenvalue weighted by Gasteiger charge is -2.39. The third-order valence-corrected chi connectivity index (χ3v) is 7.30. The molecule has 0 radical (unpaired) electrons.